The maximum Gasteiger partial charge on any atom is 0.213 e. The molecule has 1 atom stereocenters. The molecule has 1 aromatic carbocycles. The van der Waals surface area contributed by atoms with Gasteiger partial charge in [0.1, 0.15) is 19.0 Å². The number of aliphatic imine (C=N–C) groups is 1. The van der Waals surface area contributed by atoms with Gasteiger partial charge in [-0.3, -0.25) is 4.99 Å². The van der Waals surface area contributed by atoms with Crippen LogP contribution in [0.15, 0.2) is 53.7 Å². The Hall–Kier alpha value is -2.84. The molecule has 1 unspecified atom stereocenters. The van der Waals surface area contributed by atoms with Crippen molar-refractivity contribution in [3.63, 3.8) is 0 Å². The van der Waals surface area contributed by atoms with E-state index in [1.807, 2.05) is 55.7 Å². The minimum atomic E-state index is 0.442. The van der Waals surface area contributed by atoms with Crippen LogP contribution in [0.25, 0.3) is 0 Å². The van der Waals surface area contributed by atoms with Gasteiger partial charge in [-0.1, -0.05) is 24.3 Å². The van der Waals surface area contributed by atoms with Crippen LogP contribution < -0.4 is 14.8 Å². The van der Waals surface area contributed by atoms with E-state index in [0.29, 0.717) is 44.8 Å². The largest absolute Gasteiger partial charge is 0.490 e. The van der Waals surface area contributed by atoms with E-state index in [1.165, 1.54) is 0 Å². The van der Waals surface area contributed by atoms with Gasteiger partial charge >= 0.3 is 0 Å². The third-order valence-electron chi connectivity index (χ3n) is 5.18. The molecule has 0 bridgehead atoms. The summed E-state index contributed by atoms with van der Waals surface area (Å²) in [6.45, 7) is 5.54. The third kappa shape index (κ3) is 8.01. The Kier molecular flexibility index (Phi) is 10.1. The van der Waals surface area contributed by atoms with Gasteiger partial charge in [0.2, 0.25) is 5.88 Å². The van der Waals surface area contributed by atoms with E-state index in [4.69, 9.17) is 18.9 Å². The van der Waals surface area contributed by atoms with Gasteiger partial charge in [-0.15, -0.1) is 0 Å². The number of guanidine groups is 1. The average molecular weight is 443 g/mol. The Morgan fingerprint density at radius 2 is 1.94 bits per heavy atom. The van der Waals surface area contributed by atoms with Gasteiger partial charge in [0.05, 0.1) is 19.8 Å². The second kappa shape index (κ2) is 13.5. The van der Waals surface area contributed by atoms with Crippen molar-refractivity contribution in [3.05, 3.63) is 54.2 Å². The van der Waals surface area contributed by atoms with Crippen molar-refractivity contribution >= 4 is 5.96 Å². The summed E-state index contributed by atoms with van der Waals surface area (Å²) in [7, 11) is 3.51. The summed E-state index contributed by atoms with van der Waals surface area (Å²) in [5, 5.41) is 3.43. The number of ether oxygens (including phenoxy) is 4. The monoisotopic (exact) mass is 442 g/mol. The molecule has 0 spiro atoms. The number of rotatable bonds is 12. The third-order valence-corrected chi connectivity index (χ3v) is 5.18. The summed E-state index contributed by atoms with van der Waals surface area (Å²) in [6, 6.07) is 13.6. The Labute approximate surface area is 190 Å². The van der Waals surface area contributed by atoms with Crippen molar-refractivity contribution in [1.29, 1.82) is 0 Å². The summed E-state index contributed by atoms with van der Waals surface area (Å²) in [5.74, 6) is 2.85. The zero-order chi connectivity index (χ0) is 22.4. The number of methoxy groups -OCH3 is 1. The topological polar surface area (TPSA) is 77.4 Å². The molecule has 0 aliphatic carbocycles. The standard InChI is InChI=1S/C24H34N4O4/c1-25-24(28-11-10-21(18-28)19-30-13-12-29-2)27-17-20-8-9-23(26-16-20)32-15-14-31-22-6-4-3-5-7-22/h3-9,16,21H,10-15,17-19H2,1-2H3,(H,25,27). The first-order valence-corrected chi connectivity index (χ1v) is 11.1. The van der Waals surface area contributed by atoms with E-state index >= 15 is 0 Å². The summed E-state index contributed by atoms with van der Waals surface area (Å²) in [4.78, 5) is 11.1. The molecule has 2 aromatic rings. The normalized spacial score (nSPS) is 16.2. The zero-order valence-corrected chi connectivity index (χ0v) is 19.0. The van der Waals surface area contributed by atoms with Crippen LogP contribution in [0.3, 0.4) is 0 Å². The van der Waals surface area contributed by atoms with E-state index in [1.54, 1.807) is 7.11 Å². The number of nitrogens with zero attached hydrogens (tertiary/aromatic N) is 3. The van der Waals surface area contributed by atoms with Gasteiger partial charge in [-0.25, -0.2) is 4.98 Å². The molecule has 1 aliphatic heterocycles. The molecule has 1 fully saturated rings. The van der Waals surface area contributed by atoms with E-state index in [2.05, 4.69) is 20.2 Å². The van der Waals surface area contributed by atoms with Crippen LogP contribution in [0.2, 0.25) is 0 Å². The number of hydrogen-bond acceptors (Lipinski definition) is 6. The molecule has 1 N–H and O–H groups in total. The first kappa shape index (κ1) is 23.8. The molecule has 1 saturated heterocycles. The van der Waals surface area contributed by atoms with Crippen LogP contribution in [0.4, 0.5) is 0 Å². The van der Waals surface area contributed by atoms with Crippen LogP contribution in [0.5, 0.6) is 11.6 Å². The fourth-order valence-corrected chi connectivity index (χ4v) is 3.49. The lowest BCUT2D eigenvalue weighted by Gasteiger charge is -2.21. The van der Waals surface area contributed by atoms with Crippen molar-refractivity contribution in [2.45, 2.75) is 13.0 Å². The molecule has 0 radical (unpaired) electrons. The first-order chi connectivity index (χ1) is 15.8. The number of hydrogen-bond donors (Lipinski definition) is 1. The van der Waals surface area contributed by atoms with E-state index in [9.17, 15) is 0 Å². The Morgan fingerprint density at radius 3 is 2.69 bits per heavy atom. The molecule has 2 heterocycles. The summed E-state index contributed by atoms with van der Waals surface area (Å²) >= 11 is 0. The molecule has 0 amide bonds. The number of nitrogens with one attached hydrogen (secondary N) is 1. The predicted octanol–water partition coefficient (Wildman–Crippen LogP) is 2.60. The number of likely N-dealkylation sites (tertiary alicyclic amines) is 1. The number of aromatic nitrogens is 1. The van der Waals surface area contributed by atoms with Gasteiger partial charge in [-0.05, 0) is 24.1 Å². The molecular formula is C24H34N4O4. The molecule has 174 valence electrons. The van der Waals surface area contributed by atoms with Crippen LogP contribution in [-0.2, 0) is 16.0 Å². The number of para-hydroxylation sites is 1. The minimum absolute atomic E-state index is 0.442. The second-order valence-electron chi connectivity index (χ2n) is 7.58. The summed E-state index contributed by atoms with van der Waals surface area (Å²) in [6.07, 6.45) is 2.93. The number of benzene rings is 1. The molecule has 32 heavy (non-hydrogen) atoms. The first-order valence-electron chi connectivity index (χ1n) is 11.1. The van der Waals surface area contributed by atoms with Gasteiger partial charge in [0.25, 0.3) is 0 Å². The van der Waals surface area contributed by atoms with Crippen molar-refractivity contribution in [1.82, 2.24) is 15.2 Å². The maximum absolute atomic E-state index is 5.68. The summed E-state index contributed by atoms with van der Waals surface area (Å²) in [5.41, 5.74) is 1.07. The molecule has 1 aromatic heterocycles. The maximum atomic E-state index is 5.68. The molecular weight excluding hydrogens is 408 g/mol. The van der Waals surface area contributed by atoms with E-state index in [-0.39, 0.29) is 0 Å². The van der Waals surface area contributed by atoms with Crippen molar-refractivity contribution in [2.75, 3.05) is 60.3 Å². The lowest BCUT2D eigenvalue weighted by molar-refractivity contribution is 0.0536. The highest BCUT2D eigenvalue weighted by Gasteiger charge is 2.24. The molecule has 0 saturated carbocycles. The highest BCUT2D eigenvalue weighted by Crippen LogP contribution is 2.17. The van der Waals surface area contributed by atoms with Gasteiger partial charge in [0, 0.05) is 52.0 Å². The fourth-order valence-electron chi connectivity index (χ4n) is 3.49. The number of pyridine rings is 1. The Morgan fingerprint density at radius 1 is 1.09 bits per heavy atom. The smallest absolute Gasteiger partial charge is 0.213 e. The minimum Gasteiger partial charge on any atom is -0.490 e. The SMILES string of the molecule is CN=C(NCc1ccc(OCCOc2ccccc2)nc1)N1CCC(COCCOC)C1. The van der Waals surface area contributed by atoms with Crippen LogP contribution in [-0.4, -0.2) is 76.1 Å². The lowest BCUT2D eigenvalue weighted by Crippen LogP contribution is -2.39. The van der Waals surface area contributed by atoms with Gasteiger partial charge in [0.15, 0.2) is 5.96 Å². The molecule has 3 rings (SSSR count). The van der Waals surface area contributed by atoms with Crippen LogP contribution >= 0.6 is 0 Å². The fraction of sp³-hybridized carbons (Fsp3) is 0.500. The Bertz CT molecular complexity index is 801. The van der Waals surface area contributed by atoms with E-state index < -0.39 is 0 Å². The zero-order valence-electron chi connectivity index (χ0n) is 19.0. The average Bonchev–Trinajstić information content (AvgIpc) is 3.30. The lowest BCUT2D eigenvalue weighted by atomic mass is 10.1. The summed E-state index contributed by atoms with van der Waals surface area (Å²) < 4.78 is 22.0. The van der Waals surface area contributed by atoms with Crippen molar-refractivity contribution in [3.8, 4) is 11.6 Å². The van der Waals surface area contributed by atoms with Crippen molar-refractivity contribution < 1.29 is 18.9 Å². The Balaban J connectivity index is 1.34. The molecule has 8 nitrogen and oxygen atoms in total. The van der Waals surface area contributed by atoms with E-state index in [0.717, 1.165) is 43.4 Å². The molecule has 1 aliphatic rings. The highest BCUT2D eigenvalue weighted by molar-refractivity contribution is 5.80. The van der Waals surface area contributed by atoms with Gasteiger partial charge < -0.3 is 29.2 Å². The molecule has 8 heteroatoms. The van der Waals surface area contributed by atoms with Crippen LogP contribution in [0, 0.1) is 5.92 Å². The van der Waals surface area contributed by atoms with Crippen LogP contribution in [0.1, 0.15) is 12.0 Å². The predicted molar refractivity (Wildman–Crippen MR) is 124 cm³/mol. The highest BCUT2D eigenvalue weighted by atomic mass is 16.5. The van der Waals surface area contributed by atoms with Crippen molar-refractivity contribution in [2.24, 2.45) is 10.9 Å². The van der Waals surface area contributed by atoms with Gasteiger partial charge in [-0.2, -0.15) is 0 Å². The quantitative estimate of drug-likeness (QED) is 0.308. The second-order valence-corrected chi connectivity index (χ2v) is 7.58.